The summed E-state index contributed by atoms with van der Waals surface area (Å²) in [5, 5.41) is 3.73. The normalized spacial score (nSPS) is 21.9. The second-order valence-electron chi connectivity index (χ2n) is 6.18. The number of benzene rings is 2. The Morgan fingerprint density at radius 1 is 1.08 bits per heavy atom. The molecule has 2 N–H and O–H groups in total. The van der Waals surface area contributed by atoms with Gasteiger partial charge < -0.3 is 5.32 Å². The van der Waals surface area contributed by atoms with E-state index in [1.165, 1.54) is 7.11 Å². The molecular formula is C19H19ClN2O3. The molecule has 2 aromatic rings. The second kappa shape index (κ2) is 7.25. The summed E-state index contributed by atoms with van der Waals surface area (Å²) in [4.78, 5) is 29.3. The van der Waals surface area contributed by atoms with Crippen molar-refractivity contribution >= 4 is 23.4 Å². The van der Waals surface area contributed by atoms with Gasteiger partial charge in [-0.05, 0) is 42.7 Å². The average Bonchev–Trinajstić information content (AvgIpc) is 2.59. The largest absolute Gasteiger partial charge is 0.342 e. The van der Waals surface area contributed by atoms with Crippen LogP contribution in [-0.4, -0.2) is 18.9 Å². The second-order valence-corrected chi connectivity index (χ2v) is 6.62. The molecule has 0 unspecified atom stereocenters. The fourth-order valence-corrected chi connectivity index (χ4v) is 3.33. The highest BCUT2D eigenvalue weighted by Gasteiger charge is 2.49. The molecule has 3 rings (SSSR count). The first-order valence-corrected chi connectivity index (χ1v) is 8.38. The van der Waals surface area contributed by atoms with E-state index in [4.69, 9.17) is 16.4 Å². The summed E-state index contributed by atoms with van der Waals surface area (Å²) in [6.45, 7) is 0. The van der Waals surface area contributed by atoms with Gasteiger partial charge in [0.05, 0.1) is 12.6 Å². The van der Waals surface area contributed by atoms with Gasteiger partial charge in [-0.3, -0.25) is 14.4 Å². The van der Waals surface area contributed by atoms with Gasteiger partial charge in [0.1, 0.15) is 0 Å². The molecule has 0 radical (unpaired) electrons. The number of hydrogen-bond donors (Lipinski definition) is 2. The number of hydrogen-bond acceptors (Lipinski definition) is 3. The van der Waals surface area contributed by atoms with E-state index in [0.717, 1.165) is 5.56 Å². The fraction of sp³-hybridized carbons (Fsp3) is 0.263. The highest BCUT2D eigenvalue weighted by molar-refractivity contribution is 6.30. The molecular weight excluding hydrogens is 340 g/mol. The van der Waals surface area contributed by atoms with Crippen LogP contribution in [0, 0.1) is 5.92 Å². The van der Waals surface area contributed by atoms with Crippen molar-refractivity contribution in [3.63, 3.8) is 0 Å². The number of rotatable bonds is 5. The van der Waals surface area contributed by atoms with Crippen LogP contribution in [0.15, 0.2) is 54.6 Å². The molecule has 0 atom stereocenters. The zero-order valence-corrected chi connectivity index (χ0v) is 14.5. The molecule has 1 aliphatic rings. The Labute approximate surface area is 151 Å². The lowest BCUT2D eigenvalue weighted by Crippen LogP contribution is -2.57. The maximum atomic E-state index is 12.6. The molecule has 2 amide bonds. The standard InChI is InChI=1S/C19H19ClN2O3/c1-25-22-18(24)14-11-19(12-14,15-7-9-16(20)10-8-15)21-17(23)13-5-3-2-4-6-13/h2-10,14H,11-12H2,1H3,(H,21,23)(H,22,24). The Morgan fingerprint density at radius 3 is 2.32 bits per heavy atom. The first kappa shape index (κ1) is 17.5. The molecule has 0 aromatic heterocycles. The average molecular weight is 359 g/mol. The van der Waals surface area contributed by atoms with Crippen LogP contribution in [0.2, 0.25) is 5.02 Å². The molecule has 0 saturated heterocycles. The molecule has 2 aromatic carbocycles. The van der Waals surface area contributed by atoms with E-state index in [0.29, 0.717) is 23.4 Å². The maximum absolute atomic E-state index is 12.6. The van der Waals surface area contributed by atoms with Crippen molar-refractivity contribution < 1.29 is 14.4 Å². The smallest absolute Gasteiger partial charge is 0.251 e. The number of carbonyl (C=O) groups excluding carboxylic acids is 2. The Kier molecular flexibility index (Phi) is 5.06. The first-order chi connectivity index (χ1) is 12.0. The summed E-state index contributed by atoms with van der Waals surface area (Å²) in [6, 6.07) is 16.4. The predicted octanol–water partition coefficient (Wildman–Crippen LogP) is 3.05. The number of carbonyl (C=O) groups is 2. The van der Waals surface area contributed by atoms with Gasteiger partial charge >= 0.3 is 0 Å². The van der Waals surface area contributed by atoms with Crippen LogP contribution >= 0.6 is 11.6 Å². The number of halogens is 1. The predicted molar refractivity (Wildman–Crippen MR) is 94.9 cm³/mol. The lowest BCUT2D eigenvalue weighted by Gasteiger charge is -2.47. The van der Waals surface area contributed by atoms with Gasteiger partial charge in [0.2, 0.25) is 5.91 Å². The minimum atomic E-state index is -0.590. The number of nitrogens with one attached hydrogen (secondary N) is 2. The molecule has 6 heteroatoms. The van der Waals surface area contributed by atoms with E-state index < -0.39 is 5.54 Å². The molecule has 1 saturated carbocycles. The molecule has 0 spiro atoms. The summed E-state index contributed by atoms with van der Waals surface area (Å²) >= 11 is 5.98. The van der Waals surface area contributed by atoms with Gasteiger partial charge in [0, 0.05) is 16.5 Å². The molecule has 25 heavy (non-hydrogen) atoms. The molecule has 130 valence electrons. The lowest BCUT2D eigenvalue weighted by atomic mass is 9.64. The number of amides is 2. The summed E-state index contributed by atoms with van der Waals surface area (Å²) in [6.07, 6.45) is 1.00. The Bertz CT molecular complexity index is 756. The third-order valence-corrected chi connectivity index (χ3v) is 4.80. The highest BCUT2D eigenvalue weighted by atomic mass is 35.5. The van der Waals surface area contributed by atoms with Crippen LogP contribution < -0.4 is 10.8 Å². The van der Waals surface area contributed by atoms with Gasteiger partial charge in [0.15, 0.2) is 0 Å². The van der Waals surface area contributed by atoms with Gasteiger partial charge in [-0.2, -0.15) is 0 Å². The van der Waals surface area contributed by atoms with Crippen molar-refractivity contribution in [1.29, 1.82) is 0 Å². The minimum Gasteiger partial charge on any atom is -0.342 e. The Balaban J connectivity index is 1.82. The number of hydroxylamine groups is 1. The molecule has 1 aliphatic carbocycles. The molecule has 1 fully saturated rings. The van der Waals surface area contributed by atoms with E-state index in [-0.39, 0.29) is 17.7 Å². The van der Waals surface area contributed by atoms with Gasteiger partial charge in [-0.25, -0.2) is 5.48 Å². The third-order valence-electron chi connectivity index (χ3n) is 4.55. The molecule has 0 bridgehead atoms. The van der Waals surface area contributed by atoms with Crippen LogP contribution in [0.1, 0.15) is 28.8 Å². The SMILES string of the molecule is CONC(=O)C1CC(NC(=O)c2ccccc2)(c2ccc(Cl)cc2)C1. The van der Waals surface area contributed by atoms with Crippen LogP contribution in [0.5, 0.6) is 0 Å². The van der Waals surface area contributed by atoms with E-state index in [1.807, 2.05) is 30.3 Å². The Morgan fingerprint density at radius 2 is 1.72 bits per heavy atom. The molecule has 0 aliphatic heterocycles. The quantitative estimate of drug-likeness (QED) is 0.807. The van der Waals surface area contributed by atoms with E-state index in [9.17, 15) is 9.59 Å². The summed E-state index contributed by atoms with van der Waals surface area (Å²) < 4.78 is 0. The zero-order chi connectivity index (χ0) is 17.9. The van der Waals surface area contributed by atoms with Crippen LogP contribution in [0.25, 0.3) is 0 Å². The van der Waals surface area contributed by atoms with Crippen molar-refractivity contribution in [2.75, 3.05) is 7.11 Å². The summed E-state index contributed by atoms with van der Waals surface area (Å²) in [5.41, 5.74) is 3.28. The fourth-order valence-electron chi connectivity index (χ4n) is 3.21. The lowest BCUT2D eigenvalue weighted by molar-refractivity contribution is -0.141. The minimum absolute atomic E-state index is 0.166. The van der Waals surface area contributed by atoms with Crippen LogP contribution in [-0.2, 0) is 15.2 Å². The highest BCUT2D eigenvalue weighted by Crippen LogP contribution is 2.46. The van der Waals surface area contributed by atoms with Crippen molar-refractivity contribution in [3.05, 3.63) is 70.7 Å². The van der Waals surface area contributed by atoms with Crippen LogP contribution in [0.4, 0.5) is 0 Å². The maximum Gasteiger partial charge on any atom is 0.251 e. The topological polar surface area (TPSA) is 67.4 Å². The van der Waals surface area contributed by atoms with Crippen molar-refractivity contribution in [2.24, 2.45) is 5.92 Å². The summed E-state index contributed by atoms with van der Waals surface area (Å²) in [7, 11) is 1.40. The van der Waals surface area contributed by atoms with Gasteiger partial charge in [-0.1, -0.05) is 41.9 Å². The van der Waals surface area contributed by atoms with E-state index >= 15 is 0 Å². The monoisotopic (exact) mass is 358 g/mol. The zero-order valence-electron chi connectivity index (χ0n) is 13.8. The van der Waals surface area contributed by atoms with Gasteiger partial charge in [0.25, 0.3) is 5.91 Å². The van der Waals surface area contributed by atoms with E-state index in [1.54, 1.807) is 24.3 Å². The molecule has 5 nitrogen and oxygen atoms in total. The van der Waals surface area contributed by atoms with Crippen molar-refractivity contribution in [3.8, 4) is 0 Å². The third kappa shape index (κ3) is 3.67. The van der Waals surface area contributed by atoms with E-state index in [2.05, 4.69) is 10.8 Å². The summed E-state index contributed by atoms with van der Waals surface area (Å²) in [5.74, 6) is -0.561. The van der Waals surface area contributed by atoms with Crippen molar-refractivity contribution in [1.82, 2.24) is 10.8 Å². The first-order valence-electron chi connectivity index (χ1n) is 8.00. The van der Waals surface area contributed by atoms with Gasteiger partial charge in [-0.15, -0.1) is 0 Å². The van der Waals surface area contributed by atoms with Crippen LogP contribution in [0.3, 0.4) is 0 Å². The van der Waals surface area contributed by atoms with Crippen molar-refractivity contribution in [2.45, 2.75) is 18.4 Å². The molecule has 0 heterocycles. The Hall–Kier alpha value is -2.37.